The maximum Gasteiger partial charge on any atom is 0.132 e. The van der Waals surface area contributed by atoms with Crippen LogP contribution in [-0.2, 0) is 6.61 Å². The Morgan fingerprint density at radius 1 is 1.05 bits per heavy atom. The van der Waals surface area contributed by atoms with E-state index in [0.29, 0.717) is 5.56 Å². The predicted octanol–water partition coefficient (Wildman–Crippen LogP) is 3.70. The van der Waals surface area contributed by atoms with Crippen LogP contribution in [0.2, 0.25) is 0 Å². The van der Waals surface area contributed by atoms with E-state index in [2.05, 4.69) is 0 Å². The Morgan fingerprint density at radius 3 is 2.35 bits per heavy atom. The Hall–Kier alpha value is -2.01. The first-order valence-electron chi connectivity index (χ1n) is 6.09. The van der Waals surface area contributed by atoms with Gasteiger partial charge in [-0.1, -0.05) is 6.07 Å². The van der Waals surface area contributed by atoms with Gasteiger partial charge in [-0.15, -0.1) is 0 Å². The summed E-state index contributed by atoms with van der Waals surface area (Å²) in [5, 5.41) is 0. The molecule has 0 radical (unpaired) electrons. The maximum absolute atomic E-state index is 13.5. The zero-order valence-electron chi connectivity index (χ0n) is 10.9. The van der Waals surface area contributed by atoms with Gasteiger partial charge in [0.1, 0.15) is 29.8 Å². The molecule has 2 aromatic carbocycles. The van der Waals surface area contributed by atoms with E-state index in [1.807, 2.05) is 0 Å². The van der Waals surface area contributed by atoms with E-state index in [4.69, 9.17) is 10.5 Å². The van der Waals surface area contributed by atoms with Gasteiger partial charge in [-0.3, -0.25) is 0 Å². The molecule has 0 saturated carbocycles. The molecule has 2 N–H and O–H groups in total. The molecule has 0 saturated heterocycles. The van der Waals surface area contributed by atoms with Crippen LogP contribution in [0.4, 0.5) is 13.2 Å². The van der Waals surface area contributed by atoms with Gasteiger partial charge in [0, 0.05) is 29.3 Å². The van der Waals surface area contributed by atoms with Crippen molar-refractivity contribution in [2.24, 2.45) is 5.73 Å². The van der Waals surface area contributed by atoms with E-state index in [-0.39, 0.29) is 24.0 Å². The lowest BCUT2D eigenvalue weighted by Gasteiger charge is -2.14. The molecule has 0 heterocycles. The van der Waals surface area contributed by atoms with Crippen LogP contribution in [0.15, 0.2) is 36.4 Å². The van der Waals surface area contributed by atoms with Crippen LogP contribution < -0.4 is 10.5 Å². The molecule has 0 bridgehead atoms. The van der Waals surface area contributed by atoms with Crippen LogP contribution >= 0.6 is 0 Å². The zero-order chi connectivity index (χ0) is 14.7. The number of rotatable bonds is 4. The maximum atomic E-state index is 13.5. The molecule has 2 nitrogen and oxygen atoms in total. The number of halogens is 3. The lowest BCUT2D eigenvalue weighted by molar-refractivity contribution is 0.293. The van der Waals surface area contributed by atoms with E-state index in [1.165, 1.54) is 24.3 Å². The van der Waals surface area contributed by atoms with Gasteiger partial charge in [-0.2, -0.15) is 0 Å². The third-order valence-electron chi connectivity index (χ3n) is 2.86. The molecule has 0 fully saturated rings. The van der Waals surface area contributed by atoms with Gasteiger partial charge < -0.3 is 10.5 Å². The summed E-state index contributed by atoms with van der Waals surface area (Å²) in [6, 6.07) is 6.86. The van der Waals surface area contributed by atoms with Crippen molar-refractivity contribution in [1.82, 2.24) is 0 Å². The summed E-state index contributed by atoms with van der Waals surface area (Å²) in [6.07, 6.45) is 0. The minimum absolute atomic E-state index is 0.130. The SMILES string of the molecule is C[C@H](N)c1ccc(F)cc1OCc1ccc(F)cc1F. The lowest BCUT2D eigenvalue weighted by Crippen LogP contribution is -2.09. The molecule has 20 heavy (non-hydrogen) atoms. The highest BCUT2D eigenvalue weighted by molar-refractivity contribution is 5.36. The van der Waals surface area contributed by atoms with Crippen molar-refractivity contribution >= 4 is 0 Å². The second-order valence-corrected chi connectivity index (χ2v) is 4.50. The highest BCUT2D eigenvalue weighted by Crippen LogP contribution is 2.26. The molecule has 0 aliphatic rings. The molecule has 2 rings (SSSR count). The molecular weight excluding hydrogens is 267 g/mol. The summed E-state index contributed by atoms with van der Waals surface area (Å²) >= 11 is 0. The van der Waals surface area contributed by atoms with Crippen molar-refractivity contribution in [3.05, 3.63) is 65.0 Å². The molecule has 0 aliphatic heterocycles. The smallest absolute Gasteiger partial charge is 0.132 e. The fourth-order valence-corrected chi connectivity index (χ4v) is 1.80. The summed E-state index contributed by atoms with van der Waals surface area (Å²) < 4.78 is 44.9. The van der Waals surface area contributed by atoms with Gasteiger partial charge in [-0.05, 0) is 25.1 Å². The first-order valence-corrected chi connectivity index (χ1v) is 6.09. The fraction of sp³-hybridized carbons (Fsp3) is 0.200. The standard InChI is InChI=1S/C15H14F3NO/c1-9(19)13-5-4-12(17)7-15(13)20-8-10-2-3-11(16)6-14(10)18/h2-7,9H,8,19H2,1H3/t9-/m0/s1. The Balaban J connectivity index is 2.20. The molecule has 0 spiro atoms. The second-order valence-electron chi connectivity index (χ2n) is 4.50. The van der Waals surface area contributed by atoms with Crippen molar-refractivity contribution < 1.29 is 17.9 Å². The molecule has 1 atom stereocenters. The summed E-state index contributed by atoms with van der Waals surface area (Å²) in [5.41, 5.74) is 6.56. The molecule has 0 unspecified atom stereocenters. The minimum atomic E-state index is -0.705. The van der Waals surface area contributed by atoms with Crippen molar-refractivity contribution in [1.29, 1.82) is 0 Å². The second kappa shape index (κ2) is 5.96. The van der Waals surface area contributed by atoms with Crippen molar-refractivity contribution in [3.8, 4) is 5.75 Å². The van der Waals surface area contributed by atoms with Gasteiger partial charge >= 0.3 is 0 Å². The molecular formula is C15H14F3NO. The van der Waals surface area contributed by atoms with Crippen LogP contribution in [0.5, 0.6) is 5.75 Å². The average Bonchev–Trinajstić information content (AvgIpc) is 2.37. The first-order chi connectivity index (χ1) is 9.47. The van der Waals surface area contributed by atoms with E-state index in [0.717, 1.165) is 12.1 Å². The Labute approximate surface area is 115 Å². The predicted molar refractivity (Wildman–Crippen MR) is 69.7 cm³/mol. The lowest BCUT2D eigenvalue weighted by atomic mass is 10.1. The molecule has 106 valence electrons. The third-order valence-corrected chi connectivity index (χ3v) is 2.86. The number of hydrogen-bond acceptors (Lipinski definition) is 2. The number of benzene rings is 2. The Bertz CT molecular complexity index is 614. The summed E-state index contributed by atoms with van der Waals surface area (Å²) in [6.45, 7) is 1.61. The van der Waals surface area contributed by atoms with Crippen LogP contribution in [0.3, 0.4) is 0 Å². The number of nitrogens with two attached hydrogens (primary N) is 1. The van der Waals surface area contributed by atoms with Crippen molar-refractivity contribution in [2.45, 2.75) is 19.6 Å². The van der Waals surface area contributed by atoms with E-state index >= 15 is 0 Å². The molecule has 0 amide bonds. The largest absolute Gasteiger partial charge is 0.488 e. The van der Waals surface area contributed by atoms with E-state index < -0.39 is 17.5 Å². The van der Waals surface area contributed by atoms with Crippen LogP contribution in [0.1, 0.15) is 24.1 Å². The molecule has 0 aromatic heterocycles. The van der Waals surface area contributed by atoms with Gasteiger partial charge in [0.15, 0.2) is 0 Å². The van der Waals surface area contributed by atoms with Gasteiger partial charge in [0.2, 0.25) is 0 Å². The fourth-order valence-electron chi connectivity index (χ4n) is 1.80. The van der Waals surface area contributed by atoms with Gasteiger partial charge in [0.25, 0.3) is 0 Å². The number of hydrogen-bond donors (Lipinski definition) is 1. The van der Waals surface area contributed by atoms with E-state index in [1.54, 1.807) is 6.92 Å². The van der Waals surface area contributed by atoms with Crippen molar-refractivity contribution in [2.75, 3.05) is 0 Å². The van der Waals surface area contributed by atoms with Gasteiger partial charge in [0.05, 0.1) is 0 Å². The Kier molecular flexibility index (Phi) is 4.29. The first kappa shape index (κ1) is 14.4. The molecule has 0 aliphatic carbocycles. The summed E-state index contributed by atoms with van der Waals surface area (Å²) in [7, 11) is 0. The number of ether oxygens (including phenoxy) is 1. The molecule has 2 aromatic rings. The highest BCUT2D eigenvalue weighted by atomic mass is 19.1. The topological polar surface area (TPSA) is 35.2 Å². The van der Waals surface area contributed by atoms with Crippen LogP contribution in [0, 0.1) is 17.5 Å². The van der Waals surface area contributed by atoms with Crippen LogP contribution in [0.25, 0.3) is 0 Å². The van der Waals surface area contributed by atoms with E-state index in [9.17, 15) is 13.2 Å². The monoisotopic (exact) mass is 281 g/mol. The van der Waals surface area contributed by atoms with Gasteiger partial charge in [-0.25, -0.2) is 13.2 Å². The minimum Gasteiger partial charge on any atom is -0.488 e. The van der Waals surface area contributed by atoms with Crippen LogP contribution in [-0.4, -0.2) is 0 Å². The quantitative estimate of drug-likeness (QED) is 0.927. The normalized spacial score (nSPS) is 12.2. The summed E-state index contributed by atoms with van der Waals surface area (Å²) in [5.74, 6) is -1.58. The molecule has 5 heteroatoms. The summed E-state index contributed by atoms with van der Waals surface area (Å²) in [4.78, 5) is 0. The average molecular weight is 281 g/mol. The Morgan fingerprint density at radius 2 is 1.70 bits per heavy atom. The van der Waals surface area contributed by atoms with Crippen molar-refractivity contribution in [3.63, 3.8) is 0 Å². The third kappa shape index (κ3) is 3.30. The zero-order valence-corrected chi connectivity index (χ0v) is 10.9. The highest BCUT2D eigenvalue weighted by Gasteiger charge is 2.11.